The maximum atomic E-state index is 12.6. The molecule has 37 heavy (non-hydrogen) atoms. The average molecular weight is 511 g/mol. The number of carbonyl (C=O) groups excluding carboxylic acids is 1. The van der Waals surface area contributed by atoms with Crippen molar-refractivity contribution >= 4 is 6.09 Å². The Morgan fingerprint density at radius 3 is 2.41 bits per heavy atom. The molecule has 0 bridgehead atoms. The fourth-order valence-electron chi connectivity index (χ4n) is 4.47. The zero-order valence-electron chi connectivity index (χ0n) is 21.4. The summed E-state index contributed by atoms with van der Waals surface area (Å²) in [5.74, 6) is 0.144. The molecule has 2 aromatic carbocycles. The number of amides is 1. The Morgan fingerprint density at radius 1 is 1.08 bits per heavy atom. The van der Waals surface area contributed by atoms with Crippen LogP contribution < -0.4 is 11.0 Å². The number of alkyl carbamates (subject to hydrolysis) is 1. The lowest BCUT2D eigenvalue weighted by Gasteiger charge is -2.34. The minimum Gasteiger partial charge on any atom is -0.508 e. The van der Waals surface area contributed by atoms with Crippen LogP contribution in [0.25, 0.3) is 17.1 Å². The van der Waals surface area contributed by atoms with Crippen LogP contribution >= 0.6 is 0 Å². The summed E-state index contributed by atoms with van der Waals surface area (Å²) in [7, 11) is 1.54. The molecule has 1 amide bonds. The largest absolute Gasteiger partial charge is 0.508 e. The minimum absolute atomic E-state index is 0.00287. The first-order valence-corrected chi connectivity index (χ1v) is 12.4. The van der Waals surface area contributed by atoms with Gasteiger partial charge in [0, 0.05) is 52.4 Å². The minimum atomic E-state index is -0.419. The fraction of sp³-hybridized carbons (Fsp3) is 0.423. The summed E-state index contributed by atoms with van der Waals surface area (Å²) in [5.41, 5.74) is 2.34. The third-order valence-electron chi connectivity index (χ3n) is 6.59. The monoisotopic (exact) mass is 510 g/mol. The van der Waals surface area contributed by atoms with Crippen LogP contribution in [-0.4, -0.2) is 87.2 Å². The van der Waals surface area contributed by atoms with Gasteiger partial charge in [0.05, 0.1) is 11.3 Å². The van der Waals surface area contributed by atoms with Crippen LogP contribution in [0.4, 0.5) is 4.79 Å². The van der Waals surface area contributed by atoms with Gasteiger partial charge in [-0.3, -0.25) is 9.80 Å². The average Bonchev–Trinajstić information content (AvgIpc) is 3.26. The molecule has 0 radical (unpaired) electrons. The number of nitrogens with zero attached hydrogens (tertiary/aromatic N) is 4. The van der Waals surface area contributed by atoms with Crippen molar-refractivity contribution in [3.8, 4) is 28.6 Å². The van der Waals surface area contributed by atoms with E-state index in [1.54, 1.807) is 13.1 Å². The van der Waals surface area contributed by atoms with Crippen molar-refractivity contribution < 1.29 is 19.7 Å². The summed E-state index contributed by atoms with van der Waals surface area (Å²) in [6, 6.07) is 10.6. The van der Waals surface area contributed by atoms with Gasteiger partial charge in [-0.15, -0.1) is 0 Å². The molecule has 11 heteroatoms. The quantitative estimate of drug-likeness (QED) is 0.362. The van der Waals surface area contributed by atoms with Gasteiger partial charge in [0.15, 0.2) is 5.82 Å². The van der Waals surface area contributed by atoms with Gasteiger partial charge in [-0.05, 0) is 35.2 Å². The van der Waals surface area contributed by atoms with E-state index >= 15 is 0 Å². The first kappa shape index (κ1) is 26.2. The van der Waals surface area contributed by atoms with Crippen LogP contribution in [0.2, 0.25) is 0 Å². The van der Waals surface area contributed by atoms with E-state index in [9.17, 15) is 19.8 Å². The number of benzene rings is 2. The number of rotatable bonds is 8. The number of nitrogens with one attached hydrogen (secondary N) is 2. The molecular weight excluding hydrogens is 476 g/mol. The molecule has 4 N–H and O–H groups in total. The number of phenolic OH excluding ortho intramolecular Hbond substituents is 2. The van der Waals surface area contributed by atoms with Gasteiger partial charge in [0.25, 0.3) is 0 Å². The number of piperazine rings is 1. The Morgan fingerprint density at radius 2 is 1.76 bits per heavy atom. The molecule has 3 aromatic rings. The molecule has 4 rings (SSSR count). The summed E-state index contributed by atoms with van der Waals surface area (Å²) in [6.45, 7) is 9.37. The van der Waals surface area contributed by atoms with E-state index in [0.717, 1.165) is 38.3 Å². The van der Waals surface area contributed by atoms with Gasteiger partial charge in [-0.2, -0.15) is 5.10 Å². The second-order valence-corrected chi connectivity index (χ2v) is 9.44. The number of aromatic hydroxyl groups is 2. The van der Waals surface area contributed by atoms with Crippen molar-refractivity contribution in [3.63, 3.8) is 0 Å². The van der Waals surface area contributed by atoms with Gasteiger partial charge >= 0.3 is 11.8 Å². The Bertz CT molecular complexity index is 1280. The molecule has 1 aromatic heterocycles. The van der Waals surface area contributed by atoms with Crippen LogP contribution in [0.15, 0.2) is 41.2 Å². The maximum absolute atomic E-state index is 12.6. The number of hydrogen-bond donors (Lipinski definition) is 4. The molecule has 1 saturated heterocycles. The predicted molar refractivity (Wildman–Crippen MR) is 139 cm³/mol. The van der Waals surface area contributed by atoms with E-state index < -0.39 is 11.8 Å². The predicted octanol–water partition coefficient (Wildman–Crippen LogP) is 2.24. The third kappa shape index (κ3) is 6.12. The van der Waals surface area contributed by atoms with Gasteiger partial charge in [-0.1, -0.05) is 26.0 Å². The topological polar surface area (TPSA) is 136 Å². The second kappa shape index (κ2) is 11.5. The molecule has 0 saturated carbocycles. The van der Waals surface area contributed by atoms with Crippen molar-refractivity contribution in [1.82, 2.24) is 29.9 Å². The first-order chi connectivity index (χ1) is 17.8. The Kier molecular flexibility index (Phi) is 8.14. The van der Waals surface area contributed by atoms with Crippen molar-refractivity contribution in [1.29, 1.82) is 0 Å². The number of aromatic amines is 1. The smallest absolute Gasteiger partial charge is 0.406 e. The molecule has 1 aliphatic heterocycles. The number of carbonyl (C=O) groups is 1. The fourth-order valence-corrected chi connectivity index (χ4v) is 4.47. The number of phenols is 2. The number of ether oxygens (including phenoxy) is 1. The molecule has 1 aliphatic rings. The standard InChI is InChI=1S/C26H34N6O5/c1-17(2)20-14-21(23(34)15-22(20)33)24-28-29-25(35)32(24)19-6-4-18(5-7-19)16-31-10-8-30(9-11-31)12-13-37-26(36)27-3/h4-7,14-15,17,33-34H,8-13,16H2,1-3H3,(H,27,36)(H,29,35). The highest BCUT2D eigenvalue weighted by molar-refractivity contribution is 5.69. The zero-order valence-corrected chi connectivity index (χ0v) is 21.4. The van der Waals surface area contributed by atoms with Crippen molar-refractivity contribution in [2.45, 2.75) is 26.3 Å². The van der Waals surface area contributed by atoms with E-state index in [2.05, 4.69) is 25.3 Å². The molecular formula is C26H34N6O5. The summed E-state index contributed by atoms with van der Waals surface area (Å²) in [6.07, 6.45) is -0.410. The van der Waals surface area contributed by atoms with Crippen molar-refractivity contribution in [2.75, 3.05) is 46.4 Å². The lowest BCUT2D eigenvalue weighted by molar-refractivity contribution is 0.0934. The number of hydrogen-bond acceptors (Lipinski definition) is 8. The first-order valence-electron chi connectivity index (χ1n) is 12.4. The Hall–Kier alpha value is -3.83. The molecule has 2 heterocycles. The van der Waals surface area contributed by atoms with E-state index in [4.69, 9.17) is 4.74 Å². The van der Waals surface area contributed by atoms with E-state index in [-0.39, 0.29) is 23.2 Å². The van der Waals surface area contributed by atoms with Gasteiger partial charge < -0.3 is 20.3 Å². The van der Waals surface area contributed by atoms with E-state index in [0.29, 0.717) is 30.0 Å². The number of aromatic nitrogens is 3. The third-order valence-corrected chi connectivity index (χ3v) is 6.59. The molecule has 0 spiro atoms. The second-order valence-electron chi connectivity index (χ2n) is 9.44. The highest BCUT2D eigenvalue weighted by Crippen LogP contribution is 2.37. The van der Waals surface area contributed by atoms with Crippen molar-refractivity contribution in [2.24, 2.45) is 0 Å². The van der Waals surface area contributed by atoms with Gasteiger partial charge in [-0.25, -0.2) is 19.3 Å². The van der Waals surface area contributed by atoms with Crippen LogP contribution in [0.5, 0.6) is 11.5 Å². The molecule has 0 aliphatic carbocycles. The molecule has 11 nitrogen and oxygen atoms in total. The van der Waals surface area contributed by atoms with Gasteiger partial charge in [0.2, 0.25) is 0 Å². The summed E-state index contributed by atoms with van der Waals surface area (Å²) >= 11 is 0. The maximum Gasteiger partial charge on any atom is 0.406 e. The van der Waals surface area contributed by atoms with Crippen LogP contribution in [0, 0.1) is 0 Å². The zero-order chi connectivity index (χ0) is 26.5. The van der Waals surface area contributed by atoms with E-state index in [1.807, 2.05) is 38.1 Å². The van der Waals surface area contributed by atoms with Gasteiger partial charge in [0.1, 0.15) is 18.1 Å². The molecule has 1 fully saturated rings. The van der Waals surface area contributed by atoms with Crippen LogP contribution in [0.3, 0.4) is 0 Å². The summed E-state index contributed by atoms with van der Waals surface area (Å²) in [4.78, 5) is 28.5. The number of H-pyrrole nitrogens is 1. The van der Waals surface area contributed by atoms with Crippen LogP contribution in [-0.2, 0) is 11.3 Å². The van der Waals surface area contributed by atoms with E-state index in [1.165, 1.54) is 10.6 Å². The summed E-state index contributed by atoms with van der Waals surface area (Å²) in [5, 5.41) is 29.8. The normalized spacial score (nSPS) is 14.7. The molecule has 0 unspecified atom stereocenters. The van der Waals surface area contributed by atoms with Crippen LogP contribution in [0.1, 0.15) is 30.9 Å². The lowest BCUT2D eigenvalue weighted by atomic mass is 9.98. The van der Waals surface area contributed by atoms with Crippen molar-refractivity contribution in [3.05, 3.63) is 58.0 Å². The lowest BCUT2D eigenvalue weighted by Crippen LogP contribution is -2.47. The molecule has 198 valence electrons. The molecule has 0 atom stereocenters. The Labute approximate surface area is 215 Å². The SMILES string of the molecule is CNC(=O)OCCN1CCN(Cc2ccc(-n3c(-c4cc(C(C)C)c(O)cc4O)n[nH]c3=O)cc2)CC1. The highest BCUT2D eigenvalue weighted by atomic mass is 16.5. The highest BCUT2D eigenvalue weighted by Gasteiger charge is 2.20. The Balaban J connectivity index is 1.43. The summed E-state index contributed by atoms with van der Waals surface area (Å²) < 4.78 is 6.49.